The van der Waals surface area contributed by atoms with Gasteiger partial charge in [-0.05, 0) is 30.3 Å². The minimum Gasteiger partial charge on any atom is -0.485 e. The van der Waals surface area contributed by atoms with E-state index in [1.807, 2.05) is 6.07 Å². The number of aromatic nitrogens is 2. The molecule has 0 saturated carbocycles. The number of thiazole rings is 1. The van der Waals surface area contributed by atoms with Gasteiger partial charge in [0.15, 0.2) is 22.4 Å². The standard InChI is InChI=1S/C22H15F2N3O3S/c23-13-9-15(24)20-19(10-13)31-22(26-20)27(11-14-5-3-4-8-25-14)21(28)18-12-29-16-6-1-2-7-17(16)30-18/h1-10,18H,11-12H2/t18-/m0/s1. The van der Waals surface area contributed by atoms with Gasteiger partial charge in [0.05, 0.1) is 16.9 Å². The quantitative estimate of drug-likeness (QED) is 0.473. The second kappa shape index (κ2) is 7.92. The summed E-state index contributed by atoms with van der Waals surface area (Å²) in [7, 11) is 0. The van der Waals surface area contributed by atoms with Gasteiger partial charge in [-0.2, -0.15) is 0 Å². The zero-order chi connectivity index (χ0) is 21.4. The third-order valence-electron chi connectivity index (χ3n) is 4.73. The molecule has 2 aromatic carbocycles. The fraction of sp³-hybridized carbons (Fsp3) is 0.136. The molecule has 2 aromatic heterocycles. The number of ether oxygens (including phenoxy) is 2. The van der Waals surface area contributed by atoms with E-state index in [1.165, 1.54) is 11.0 Å². The van der Waals surface area contributed by atoms with Crippen LogP contribution in [-0.4, -0.2) is 28.6 Å². The third kappa shape index (κ3) is 3.79. The van der Waals surface area contributed by atoms with Gasteiger partial charge in [0, 0.05) is 12.3 Å². The Morgan fingerprint density at radius 2 is 1.94 bits per heavy atom. The molecule has 0 saturated heterocycles. The Morgan fingerprint density at radius 1 is 1.13 bits per heavy atom. The minimum absolute atomic E-state index is 0.00591. The molecule has 5 rings (SSSR count). The number of anilines is 1. The molecule has 0 unspecified atom stereocenters. The Kier molecular flexibility index (Phi) is 4.95. The Balaban J connectivity index is 1.52. The number of para-hydroxylation sites is 2. The zero-order valence-corrected chi connectivity index (χ0v) is 16.8. The highest BCUT2D eigenvalue weighted by molar-refractivity contribution is 7.22. The SMILES string of the molecule is O=C([C@@H]1COc2ccccc2O1)N(Cc1ccccn1)c1nc2c(F)cc(F)cc2s1. The fourth-order valence-electron chi connectivity index (χ4n) is 3.27. The first-order valence-corrected chi connectivity index (χ1v) is 10.3. The van der Waals surface area contributed by atoms with Crippen molar-refractivity contribution in [2.24, 2.45) is 0 Å². The van der Waals surface area contributed by atoms with Gasteiger partial charge in [0.1, 0.15) is 17.9 Å². The molecule has 0 aliphatic carbocycles. The van der Waals surface area contributed by atoms with Gasteiger partial charge in [-0.3, -0.25) is 14.7 Å². The van der Waals surface area contributed by atoms with Crippen LogP contribution in [0, 0.1) is 11.6 Å². The highest BCUT2D eigenvalue weighted by Gasteiger charge is 2.33. The first-order chi connectivity index (χ1) is 15.1. The largest absolute Gasteiger partial charge is 0.485 e. The summed E-state index contributed by atoms with van der Waals surface area (Å²) < 4.78 is 39.7. The first kappa shape index (κ1) is 19.4. The van der Waals surface area contributed by atoms with Gasteiger partial charge in [-0.15, -0.1) is 0 Å². The molecule has 4 aromatic rings. The van der Waals surface area contributed by atoms with E-state index < -0.39 is 23.6 Å². The number of amides is 1. The maximum absolute atomic E-state index is 14.2. The van der Waals surface area contributed by atoms with Crippen molar-refractivity contribution in [3.05, 3.63) is 78.1 Å². The van der Waals surface area contributed by atoms with Crippen LogP contribution in [0.3, 0.4) is 0 Å². The number of carbonyl (C=O) groups excluding carboxylic acids is 1. The lowest BCUT2D eigenvalue weighted by Gasteiger charge is -2.29. The van der Waals surface area contributed by atoms with Crippen molar-refractivity contribution in [3.8, 4) is 11.5 Å². The second-order valence-corrected chi connectivity index (χ2v) is 7.85. The van der Waals surface area contributed by atoms with E-state index in [0.717, 1.165) is 17.4 Å². The van der Waals surface area contributed by atoms with Crippen LogP contribution in [0.4, 0.5) is 13.9 Å². The Hall–Kier alpha value is -3.59. The van der Waals surface area contributed by atoms with Crippen molar-refractivity contribution in [1.29, 1.82) is 0 Å². The molecule has 6 nitrogen and oxygen atoms in total. The van der Waals surface area contributed by atoms with Crippen LogP contribution < -0.4 is 14.4 Å². The second-order valence-electron chi connectivity index (χ2n) is 6.84. The van der Waals surface area contributed by atoms with Crippen LogP contribution in [-0.2, 0) is 11.3 Å². The lowest BCUT2D eigenvalue weighted by atomic mass is 10.2. The van der Waals surface area contributed by atoms with Crippen LogP contribution in [0.5, 0.6) is 11.5 Å². The van der Waals surface area contributed by atoms with E-state index in [0.29, 0.717) is 21.9 Å². The minimum atomic E-state index is -0.924. The van der Waals surface area contributed by atoms with Crippen molar-refractivity contribution < 1.29 is 23.0 Å². The molecule has 0 radical (unpaired) electrons. The van der Waals surface area contributed by atoms with Gasteiger partial charge in [-0.1, -0.05) is 29.5 Å². The fourth-order valence-corrected chi connectivity index (χ4v) is 4.28. The van der Waals surface area contributed by atoms with Gasteiger partial charge in [0.2, 0.25) is 6.10 Å². The van der Waals surface area contributed by atoms with E-state index in [2.05, 4.69) is 9.97 Å². The number of benzene rings is 2. The highest BCUT2D eigenvalue weighted by Crippen LogP contribution is 2.35. The summed E-state index contributed by atoms with van der Waals surface area (Å²) in [5, 5.41) is 0.220. The van der Waals surface area contributed by atoms with Crippen LogP contribution in [0.25, 0.3) is 10.2 Å². The molecule has 31 heavy (non-hydrogen) atoms. The molecule has 9 heteroatoms. The Morgan fingerprint density at radius 3 is 2.74 bits per heavy atom. The van der Waals surface area contributed by atoms with E-state index in [1.54, 1.807) is 42.6 Å². The molecule has 3 heterocycles. The number of fused-ring (bicyclic) bond motifs is 2. The summed E-state index contributed by atoms with van der Waals surface area (Å²) in [6.45, 7) is 0.105. The predicted molar refractivity (Wildman–Crippen MR) is 111 cm³/mol. The number of hydrogen-bond donors (Lipinski definition) is 0. The summed E-state index contributed by atoms with van der Waals surface area (Å²) in [5.74, 6) is -0.889. The molecule has 1 aliphatic rings. The highest BCUT2D eigenvalue weighted by atomic mass is 32.1. The summed E-state index contributed by atoms with van der Waals surface area (Å²) in [6, 6.07) is 14.4. The van der Waals surface area contributed by atoms with Crippen molar-refractivity contribution >= 4 is 32.6 Å². The first-order valence-electron chi connectivity index (χ1n) is 9.44. The normalized spacial score (nSPS) is 15.1. The zero-order valence-electron chi connectivity index (χ0n) is 16.0. The summed E-state index contributed by atoms with van der Waals surface area (Å²) in [6.07, 6.45) is 0.689. The third-order valence-corrected chi connectivity index (χ3v) is 5.75. The van der Waals surface area contributed by atoms with Gasteiger partial charge < -0.3 is 9.47 Å². The van der Waals surface area contributed by atoms with Crippen molar-refractivity contribution in [2.75, 3.05) is 11.5 Å². The number of halogens is 2. The molecule has 0 N–H and O–H groups in total. The number of nitrogens with zero attached hydrogens (tertiary/aromatic N) is 3. The molecule has 1 amide bonds. The van der Waals surface area contributed by atoms with Crippen LogP contribution in [0.15, 0.2) is 60.8 Å². The lowest BCUT2D eigenvalue weighted by Crippen LogP contribution is -2.46. The number of rotatable bonds is 4. The van der Waals surface area contributed by atoms with Gasteiger partial charge in [0.25, 0.3) is 5.91 Å². The van der Waals surface area contributed by atoms with E-state index in [-0.39, 0.29) is 23.8 Å². The summed E-state index contributed by atoms with van der Waals surface area (Å²) >= 11 is 1.02. The number of hydrogen-bond acceptors (Lipinski definition) is 6. The monoisotopic (exact) mass is 439 g/mol. The van der Waals surface area contributed by atoms with Crippen LogP contribution in [0.1, 0.15) is 5.69 Å². The lowest BCUT2D eigenvalue weighted by molar-refractivity contribution is -0.127. The predicted octanol–water partition coefficient (Wildman–Crippen LogP) is 4.34. The van der Waals surface area contributed by atoms with Crippen LogP contribution >= 0.6 is 11.3 Å². The Bertz CT molecular complexity index is 1270. The van der Waals surface area contributed by atoms with Gasteiger partial charge >= 0.3 is 0 Å². The average Bonchev–Trinajstić information content (AvgIpc) is 3.21. The van der Waals surface area contributed by atoms with Crippen LogP contribution in [0.2, 0.25) is 0 Å². The molecule has 1 atom stereocenters. The number of carbonyl (C=O) groups is 1. The maximum Gasteiger partial charge on any atom is 0.273 e. The topological polar surface area (TPSA) is 64.6 Å². The van der Waals surface area contributed by atoms with Crippen molar-refractivity contribution in [1.82, 2.24) is 9.97 Å². The molecule has 1 aliphatic heterocycles. The van der Waals surface area contributed by atoms with Gasteiger partial charge in [-0.25, -0.2) is 13.8 Å². The Labute approximate surface area is 179 Å². The van der Waals surface area contributed by atoms with Crippen molar-refractivity contribution in [2.45, 2.75) is 12.6 Å². The molecule has 156 valence electrons. The molecule has 0 spiro atoms. The molecular formula is C22H15F2N3O3S. The molecule has 0 bridgehead atoms. The van der Waals surface area contributed by atoms with Crippen molar-refractivity contribution in [3.63, 3.8) is 0 Å². The van der Waals surface area contributed by atoms with E-state index >= 15 is 0 Å². The number of pyridine rings is 1. The smallest absolute Gasteiger partial charge is 0.273 e. The summed E-state index contributed by atoms with van der Waals surface area (Å²) in [5.41, 5.74) is 0.616. The molecular weight excluding hydrogens is 424 g/mol. The van der Waals surface area contributed by atoms with E-state index in [4.69, 9.17) is 9.47 Å². The maximum atomic E-state index is 14.2. The summed E-state index contributed by atoms with van der Waals surface area (Å²) in [4.78, 5) is 23.3. The van der Waals surface area contributed by atoms with E-state index in [9.17, 15) is 13.6 Å². The average molecular weight is 439 g/mol. The molecule has 0 fully saturated rings.